The van der Waals surface area contributed by atoms with E-state index in [1.165, 1.54) is 18.4 Å². The van der Waals surface area contributed by atoms with Gasteiger partial charge in [0, 0.05) is 11.3 Å². The Morgan fingerprint density at radius 3 is 3.15 bits per heavy atom. The molecule has 0 saturated carbocycles. The molecule has 13 heavy (non-hydrogen) atoms. The molecule has 0 N–H and O–H groups in total. The Labute approximate surface area is 83.4 Å². The van der Waals surface area contributed by atoms with Crippen LogP contribution in [-0.2, 0) is 12.8 Å². The van der Waals surface area contributed by atoms with Gasteiger partial charge < -0.3 is 0 Å². The van der Waals surface area contributed by atoms with Gasteiger partial charge in [-0.25, -0.2) is 9.97 Å². The van der Waals surface area contributed by atoms with E-state index in [1.54, 1.807) is 6.33 Å². The van der Waals surface area contributed by atoms with Crippen molar-refractivity contribution in [3.8, 4) is 0 Å². The predicted octanol–water partition coefficient (Wildman–Crippen LogP) is 2.64. The van der Waals surface area contributed by atoms with Crippen molar-refractivity contribution < 1.29 is 0 Å². The van der Waals surface area contributed by atoms with Crippen LogP contribution in [-0.4, -0.2) is 9.97 Å². The lowest BCUT2D eigenvalue weighted by atomic mass is 9.86. The van der Waals surface area contributed by atoms with Gasteiger partial charge in [0.1, 0.15) is 11.5 Å². The second-order valence-corrected chi connectivity index (χ2v) is 3.96. The molecule has 2 nitrogen and oxygen atoms in total. The summed E-state index contributed by atoms with van der Waals surface area (Å²) in [6.07, 6.45) is 6.17. The normalized spacial score (nSPS) is 21.2. The van der Waals surface area contributed by atoms with E-state index in [-0.39, 0.29) is 0 Å². The molecule has 1 aromatic rings. The van der Waals surface area contributed by atoms with Crippen LogP contribution in [0.2, 0.25) is 5.15 Å². The van der Waals surface area contributed by atoms with Gasteiger partial charge in [-0.2, -0.15) is 0 Å². The second-order valence-electron chi connectivity index (χ2n) is 3.61. The number of hydrogen-bond donors (Lipinski definition) is 0. The first kappa shape index (κ1) is 8.95. The molecule has 0 spiro atoms. The Balaban J connectivity index is 2.31. The minimum atomic E-state index is 0.652. The van der Waals surface area contributed by atoms with Crippen molar-refractivity contribution in [1.82, 2.24) is 9.97 Å². The number of aromatic nitrogens is 2. The van der Waals surface area contributed by atoms with Gasteiger partial charge in [0.05, 0.1) is 0 Å². The monoisotopic (exact) mass is 196 g/mol. The van der Waals surface area contributed by atoms with E-state index >= 15 is 0 Å². The van der Waals surface area contributed by atoms with Gasteiger partial charge in [-0.1, -0.05) is 24.9 Å². The van der Waals surface area contributed by atoms with Crippen LogP contribution >= 0.6 is 11.6 Å². The maximum atomic E-state index is 5.98. The van der Waals surface area contributed by atoms with Crippen LogP contribution in [0.15, 0.2) is 6.33 Å². The van der Waals surface area contributed by atoms with E-state index in [0.717, 1.165) is 24.5 Å². The van der Waals surface area contributed by atoms with E-state index in [1.807, 2.05) is 0 Å². The van der Waals surface area contributed by atoms with Gasteiger partial charge in [-0.15, -0.1) is 0 Å². The molecule has 0 aromatic carbocycles. The van der Waals surface area contributed by atoms with Gasteiger partial charge in [0.15, 0.2) is 0 Å². The van der Waals surface area contributed by atoms with E-state index in [0.29, 0.717) is 5.15 Å². The van der Waals surface area contributed by atoms with Crippen LogP contribution in [0.25, 0.3) is 0 Å². The molecule has 70 valence electrons. The molecule has 0 aliphatic heterocycles. The smallest absolute Gasteiger partial charge is 0.135 e. The summed E-state index contributed by atoms with van der Waals surface area (Å²) in [6, 6.07) is 0. The molecule has 1 aliphatic rings. The van der Waals surface area contributed by atoms with Crippen LogP contribution in [0.5, 0.6) is 0 Å². The van der Waals surface area contributed by atoms with E-state index < -0.39 is 0 Å². The summed E-state index contributed by atoms with van der Waals surface area (Å²) in [4.78, 5) is 8.28. The third kappa shape index (κ3) is 1.68. The van der Waals surface area contributed by atoms with E-state index in [9.17, 15) is 0 Å². The lowest BCUT2D eigenvalue weighted by Gasteiger charge is -2.22. The first-order valence-electron chi connectivity index (χ1n) is 4.79. The summed E-state index contributed by atoms with van der Waals surface area (Å²) in [5, 5.41) is 0.652. The summed E-state index contributed by atoms with van der Waals surface area (Å²) in [5.74, 6) is 0.790. The van der Waals surface area contributed by atoms with Gasteiger partial charge >= 0.3 is 0 Å². The molecule has 0 fully saturated rings. The van der Waals surface area contributed by atoms with Crippen molar-refractivity contribution >= 4 is 11.6 Å². The summed E-state index contributed by atoms with van der Waals surface area (Å²) in [7, 11) is 0. The zero-order valence-corrected chi connectivity index (χ0v) is 8.51. The highest BCUT2D eigenvalue weighted by molar-refractivity contribution is 6.30. The molecule has 0 amide bonds. The first-order chi connectivity index (χ1) is 6.31. The highest BCUT2D eigenvalue weighted by Gasteiger charge is 2.20. The van der Waals surface area contributed by atoms with Crippen molar-refractivity contribution in [1.29, 1.82) is 0 Å². The first-order valence-corrected chi connectivity index (χ1v) is 5.17. The number of fused-ring (bicyclic) bond motifs is 1. The molecule has 0 radical (unpaired) electrons. The van der Waals surface area contributed by atoms with Gasteiger partial charge in [0.2, 0.25) is 0 Å². The van der Waals surface area contributed by atoms with Crippen molar-refractivity contribution in [2.45, 2.75) is 32.6 Å². The Morgan fingerprint density at radius 1 is 1.54 bits per heavy atom. The SMILES string of the molecule is CCC1CCc2c(Cl)ncnc2C1. The van der Waals surface area contributed by atoms with E-state index in [2.05, 4.69) is 16.9 Å². The van der Waals surface area contributed by atoms with Gasteiger partial charge in [0.25, 0.3) is 0 Å². The molecule has 1 heterocycles. The molecule has 1 atom stereocenters. The number of hydrogen-bond acceptors (Lipinski definition) is 2. The summed E-state index contributed by atoms with van der Waals surface area (Å²) >= 11 is 5.98. The number of rotatable bonds is 1. The van der Waals surface area contributed by atoms with Crippen LogP contribution in [0, 0.1) is 5.92 Å². The number of halogens is 1. The third-order valence-electron chi connectivity index (χ3n) is 2.84. The summed E-state index contributed by atoms with van der Waals surface area (Å²) in [5.41, 5.74) is 2.34. The Bertz CT molecular complexity index is 312. The Hall–Kier alpha value is -0.630. The lowest BCUT2D eigenvalue weighted by Crippen LogP contribution is -2.15. The molecular formula is C10H13ClN2. The quantitative estimate of drug-likeness (QED) is 0.646. The predicted molar refractivity (Wildman–Crippen MR) is 52.8 cm³/mol. The topological polar surface area (TPSA) is 25.8 Å². The van der Waals surface area contributed by atoms with Crippen LogP contribution < -0.4 is 0 Å². The highest BCUT2D eigenvalue weighted by atomic mass is 35.5. The minimum absolute atomic E-state index is 0.652. The summed E-state index contributed by atoms with van der Waals surface area (Å²) in [6.45, 7) is 2.23. The van der Waals surface area contributed by atoms with E-state index in [4.69, 9.17) is 11.6 Å². The molecule has 1 aliphatic carbocycles. The molecule has 1 unspecified atom stereocenters. The molecular weight excluding hydrogens is 184 g/mol. The third-order valence-corrected chi connectivity index (χ3v) is 3.17. The van der Waals surface area contributed by atoms with Crippen molar-refractivity contribution in [3.05, 3.63) is 22.7 Å². The van der Waals surface area contributed by atoms with Crippen LogP contribution in [0.1, 0.15) is 31.0 Å². The minimum Gasteiger partial charge on any atom is -0.241 e. The fourth-order valence-corrected chi connectivity index (χ4v) is 2.17. The maximum Gasteiger partial charge on any atom is 0.135 e. The average Bonchev–Trinajstić information content (AvgIpc) is 2.18. The van der Waals surface area contributed by atoms with Crippen molar-refractivity contribution in [2.24, 2.45) is 5.92 Å². The second kappa shape index (κ2) is 3.62. The highest BCUT2D eigenvalue weighted by Crippen LogP contribution is 2.28. The maximum absolute atomic E-state index is 5.98. The van der Waals surface area contributed by atoms with Crippen molar-refractivity contribution in [2.75, 3.05) is 0 Å². The zero-order valence-electron chi connectivity index (χ0n) is 7.76. The zero-order chi connectivity index (χ0) is 9.26. The fraction of sp³-hybridized carbons (Fsp3) is 0.600. The lowest BCUT2D eigenvalue weighted by molar-refractivity contribution is 0.437. The standard InChI is InChI=1S/C10H13ClN2/c1-2-7-3-4-8-9(5-7)12-6-13-10(8)11/h6-7H,2-5H2,1H3. The van der Waals surface area contributed by atoms with Gasteiger partial charge in [-0.05, 0) is 25.2 Å². The van der Waals surface area contributed by atoms with Gasteiger partial charge in [-0.3, -0.25) is 0 Å². The fourth-order valence-electron chi connectivity index (χ4n) is 1.92. The molecule has 1 aromatic heterocycles. The largest absolute Gasteiger partial charge is 0.241 e. The molecule has 2 rings (SSSR count). The van der Waals surface area contributed by atoms with Crippen LogP contribution in [0.4, 0.5) is 0 Å². The summed E-state index contributed by atoms with van der Waals surface area (Å²) < 4.78 is 0. The molecule has 0 bridgehead atoms. The average molecular weight is 197 g/mol. The molecule has 0 saturated heterocycles. The Kier molecular flexibility index (Phi) is 2.49. The van der Waals surface area contributed by atoms with Crippen LogP contribution in [0.3, 0.4) is 0 Å². The Morgan fingerprint density at radius 2 is 2.38 bits per heavy atom. The van der Waals surface area contributed by atoms with Crippen molar-refractivity contribution in [3.63, 3.8) is 0 Å². The number of nitrogens with zero attached hydrogens (tertiary/aromatic N) is 2. The molecule has 3 heteroatoms.